The Balaban J connectivity index is 2.63. The number of ether oxygens (including phenoxy) is 1. The number of methoxy groups -OCH3 is 1. The molecule has 2 aromatic rings. The van der Waals surface area contributed by atoms with E-state index in [1.165, 1.54) is 25.3 Å². The zero-order chi connectivity index (χ0) is 19.5. The van der Waals surface area contributed by atoms with Crippen LogP contribution in [-0.4, -0.2) is 33.1 Å². The van der Waals surface area contributed by atoms with Gasteiger partial charge in [-0.15, -0.1) is 0 Å². The van der Waals surface area contributed by atoms with Crippen LogP contribution in [0.1, 0.15) is 5.56 Å². The van der Waals surface area contributed by atoms with E-state index in [0.717, 1.165) is 24.3 Å². The Morgan fingerprint density at radius 1 is 1.12 bits per heavy atom. The Kier molecular flexibility index (Phi) is 5.45. The van der Waals surface area contributed by atoms with Crippen LogP contribution in [0.2, 0.25) is 0 Å². The van der Waals surface area contributed by atoms with E-state index in [-0.39, 0.29) is 9.20 Å². The lowest BCUT2D eigenvalue weighted by atomic mass is 10.1. The standard InChI is InChI=1S/C16H14F3NO5S/c1-25-11-6-8-12(9-7-11)26(23,24)20(10-15(21)22)14-5-3-2-4-13(14)16(17,18)19/h2-9H,10H2,1H3,(H,21,22). The number of hydrogen-bond acceptors (Lipinski definition) is 4. The number of hydrogen-bond donors (Lipinski definition) is 1. The molecule has 0 radical (unpaired) electrons. The van der Waals surface area contributed by atoms with E-state index in [9.17, 15) is 26.4 Å². The fourth-order valence-corrected chi connectivity index (χ4v) is 3.66. The Morgan fingerprint density at radius 3 is 2.19 bits per heavy atom. The summed E-state index contributed by atoms with van der Waals surface area (Å²) in [7, 11) is -3.20. The first-order valence-electron chi connectivity index (χ1n) is 7.12. The van der Waals surface area contributed by atoms with Crippen molar-refractivity contribution in [1.82, 2.24) is 0 Å². The minimum absolute atomic E-state index is 0.222. The highest BCUT2D eigenvalue weighted by molar-refractivity contribution is 7.92. The number of benzene rings is 2. The van der Waals surface area contributed by atoms with Gasteiger partial charge in [0.2, 0.25) is 0 Å². The fraction of sp³-hybridized carbons (Fsp3) is 0.188. The summed E-state index contributed by atoms with van der Waals surface area (Å²) in [4.78, 5) is 10.8. The minimum Gasteiger partial charge on any atom is -0.497 e. The Hall–Kier alpha value is -2.75. The van der Waals surface area contributed by atoms with Crippen LogP contribution in [0.15, 0.2) is 53.4 Å². The number of carboxylic acid groups (broad SMARTS) is 1. The Bertz CT molecular complexity index is 895. The van der Waals surface area contributed by atoms with Gasteiger partial charge in [0, 0.05) is 0 Å². The predicted octanol–water partition coefficient (Wildman–Crippen LogP) is 2.99. The third-order valence-corrected chi connectivity index (χ3v) is 5.18. The van der Waals surface area contributed by atoms with Crippen molar-refractivity contribution < 1.29 is 36.2 Å². The van der Waals surface area contributed by atoms with Gasteiger partial charge in [-0.2, -0.15) is 13.2 Å². The average molecular weight is 389 g/mol. The van der Waals surface area contributed by atoms with Crippen LogP contribution in [0.5, 0.6) is 5.75 Å². The number of alkyl halides is 3. The van der Waals surface area contributed by atoms with Crippen LogP contribution in [0.25, 0.3) is 0 Å². The summed E-state index contributed by atoms with van der Waals surface area (Å²) in [6, 6.07) is 8.75. The summed E-state index contributed by atoms with van der Waals surface area (Å²) >= 11 is 0. The molecule has 0 aliphatic rings. The molecule has 0 amide bonds. The zero-order valence-corrected chi connectivity index (χ0v) is 14.2. The fourth-order valence-electron chi connectivity index (χ4n) is 2.23. The van der Waals surface area contributed by atoms with Crippen molar-refractivity contribution in [1.29, 1.82) is 0 Å². The molecule has 0 aromatic heterocycles. The maximum absolute atomic E-state index is 13.3. The topological polar surface area (TPSA) is 83.9 Å². The van der Waals surface area contributed by atoms with Crippen molar-refractivity contribution in [2.24, 2.45) is 0 Å². The second-order valence-electron chi connectivity index (χ2n) is 5.10. The van der Waals surface area contributed by atoms with E-state index >= 15 is 0 Å². The second-order valence-corrected chi connectivity index (χ2v) is 6.96. The SMILES string of the molecule is COc1ccc(S(=O)(=O)N(CC(=O)O)c2ccccc2C(F)(F)F)cc1. The second kappa shape index (κ2) is 7.24. The van der Waals surface area contributed by atoms with E-state index in [1.54, 1.807) is 0 Å². The molecule has 0 atom stereocenters. The number of nitrogens with zero attached hydrogens (tertiary/aromatic N) is 1. The summed E-state index contributed by atoms with van der Waals surface area (Å²) < 4.78 is 70.5. The molecule has 2 rings (SSSR count). The van der Waals surface area contributed by atoms with Gasteiger partial charge in [-0.3, -0.25) is 9.10 Å². The van der Waals surface area contributed by atoms with Gasteiger partial charge >= 0.3 is 12.1 Å². The highest BCUT2D eigenvalue weighted by Crippen LogP contribution is 2.38. The molecule has 0 heterocycles. The lowest BCUT2D eigenvalue weighted by Gasteiger charge is -2.25. The smallest absolute Gasteiger partial charge is 0.418 e. The highest BCUT2D eigenvalue weighted by atomic mass is 32.2. The van der Waals surface area contributed by atoms with Gasteiger partial charge in [-0.25, -0.2) is 8.42 Å². The number of carbonyl (C=O) groups is 1. The number of halogens is 3. The number of rotatable bonds is 6. The first-order valence-corrected chi connectivity index (χ1v) is 8.56. The molecule has 2 aromatic carbocycles. The molecule has 0 saturated carbocycles. The van der Waals surface area contributed by atoms with Crippen molar-refractivity contribution in [2.75, 3.05) is 18.0 Å². The number of aliphatic carboxylic acids is 1. The van der Waals surface area contributed by atoms with E-state index in [0.29, 0.717) is 11.8 Å². The van der Waals surface area contributed by atoms with Gasteiger partial charge in [0.1, 0.15) is 12.3 Å². The Morgan fingerprint density at radius 2 is 1.69 bits per heavy atom. The summed E-state index contributed by atoms with van der Waals surface area (Å²) in [5, 5.41) is 9.02. The first kappa shape index (κ1) is 19.6. The summed E-state index contributed by atoms with van der Waals surface area (Å²) in [5.74, 6) is -1.26. The average Bonchev–Trinajstić information content (AvgIpc) is 2.58. The Labute approximate surface area is 147 Å². The molecule has 0 aliphatic carbocycles. The molecular formula is C16H14F3NO5S. The molecule has 140 valence electrons. The normalized spacial score (nSPS) is 11.8. The number of carboxylic acids is 1. The molecule has 10 heteroatoms. The van der Waals surface area contributed by atoms with E-state index < -0.39 is 40.0 Å². The molecule has 0 saturated heterocycles. The molecule has 0 aliphatic heterocycles. The molecule has 26 heavy (non-hydrogen) atoms. The molecule has 0 spiro atoms. The van der Waals surface area contributed by atoms with Crippen LogP contribution in [0.3, 0.4) is 0 Å². The van der Waals surface area contributed by atoms with Crippen molar-refractivity contribution in [3.8, 4) is 5.75 Å². The number of sulfonamides is 1. The van der Waals surface area contributed by atoms with E-state index in [2.05, 4.69) is 0 Å². The van der Waals surface area contributed by atoms with Crippen LogP contribution in [0.4, 0.5) is 18.9 Å². The first-order chi connectivity index (χ1) is 12.1. The maximum atomic E-state index is 13.3. The van der Waals surface area contributed by atoms with Gasteiger partial charge in [0.15, 0.2) is 0 Å². The summed E-state index contributed by atoms with van der Waals surface area (Å²) in [6.45, 7) is -1.17. The van der Waals surface area contributed by atoms with Gasteiger partial charge in [0.25, 0.3) is 10.0 Å². The molecule has 0 bridgehead atoms. The number of anilines is 1. The van der Waals surface area contributed by atoms with Crippen molar-refractivity contribution in [2.45, 2.75) is 11.1 Å². The lowest BCUT2D eigenvalue weighted by molar-refractivity contribution is -0.138. The maximum Gasteiger partial charge on any atom is 0.418 e. The van der Waals surface area contributed by atoms with Gasteiger partial charge in [-0.05, 0) is 36.4 Å². The molecule has 1 N–H and O–H groups in total. The van der Waals surface area contributed by atoms with Crippen LogP contribution < -0.4 is 9.04 Å². The van der Waals surface area contributed by atoms with Crippen LogP contribution in [-0.2, 0) is 21.0 Å². The quantitative estimate of drug-likeness (QED) is 0.821. The van der Waals surface area contributed by atoms with Crippen LogP contribution >= 0.6 is 0 Å². The zero-order valence-electron chi connectivity index (χ0n) is 13.4. The van der Waals surface area contributed by atoms with Gasteiger partial charge in [-0.1, -0.05) is 12.1 Å². The highest BCUT2D eigenvalue weighted by Gasteiger charge is 2.38. The van der Waals surface area contributed by atoms with Gasteiger partial charge in [0.05, 0.1) is 23.3 Å². The number of para-hydroxylation sites is 1. The van der Waals surface area contributed by atoms with Gasteiger partial charge < -0.3 is 9.84 Å². The summed E-state index contributed by atoms with van der Waals surface area (Å²) in [5.41, 5.74) is -2.02. The minimum atomic E-state index is -4.86. The van der Waals surface area contributed by atoms with Crippen LogP contribution in [0, 0.1) is 0 Å². The molecular weight excluding hydrogens is 375 g/mol. The molecule has 6 nitrogen and oxygen atoms in total. The van der Waals surface area contributed by atoms with Crippen molar-refractivity contribution >= 4 is 21.7 Å². The molecule has 0 fully saturated rings. The van der Waals surface area contributed by atoms with E-state index in [1.807, 2.05) is 0 Å². The molecule has 0 unspecified atom stereocenters. The predicted molar refractivity (Wildman–Crippen MR) is 86.6 cm³/mol. The summed E-state index contributed by atoms with van der Waals surface area (Å²) in [6.07, 6.45) is -4.86. The van der Waals surface area contributed by atoms with E-state index in [4.69, 9.17) is 9.84 Å². The lowest BCUT2D eigenvalue weighted by Crippen LogP contribution is -2.37. The van der Waals surface area contributed by atoms with Crippen molar-refractivity contribution in [3.63, 3.8) is 0 Å². The third-order valence-electron chi connectivity index (χ3n) is 3.40. The van der Waals surface area contributed by atoms with Crippen molar-refractivity contribution in [3.05, 3.63) is 54.1 Å². The largest absolute Gasteiger partial charge is 0.497 e. The monoisotopic (exact) mass is 389 g/mol. The third kappa shape index (κ3) is 4.07.